The quantitative estimate of drug-likeness (QED) is 0.389. The summed E-state index contributed by atoms with van der Waals surface area (Å²) in [6, 6.07) is 0. The van der Waals surface area contributed by atoms with Crippen LogP contribution in [0.15, 0.2) is 16.3 Å². The molecule has 5 heteroatoms. The summed E-state index contributed by atoms with van der Waals surface area (Å²) in [7, 11) is 0. The van der Waals surface area contributed by atoms with Gasteiger partial charge in [-0.2, -0.15) is 0 Å². The van der Waals surface area contributed by atoms with E-state index < -0.39 is 0 Å². The molecule has 1 fully saturated rings. The van der Waals surface area contributed by atoms with E-state index in [1.54, 1.807) is 4.90 Å². The molecule has 4 nitrogen and oxygen atoms in total. The van der Waals surface area contributed by atoms with Crippen molar-refractivity contribution in [1.82, 2.24) is 4.90 Å². The molecule has 70 valence electrons. The SMILES string of the molecule is CC1=NC(I)C(C)=C2COC(=O)N12. The first-order chi connectivity index (χ1) is 6.11. The number of ether oxygens (including phenoxy) is 1. The lowest BCUT2D eigenvalue weighted by molar-refractivity contribution is 0.168. The maximum Gasteiger partial charge on any atom is 0.420 e. The van der Waals surface area contributed by atoms with Crippen LogP contribution in [0.4, 0.5) is 4.79 Å². The molecule has 0 spiro atoms. The molecule has 1 saturated heterocycles. The minimum atomic E-state index is -0.307. The highest BCUT2D eigenvalue weighted by Crippen LogP contribution is 2.30. The molecule has 0 aromatic heterocycles. The fourth-order valence-corrected chi connectivity index (χ4v) is 2.21. The number of amidine groups is 1. The highest BCUT2D eigenvalue weighted by Gasteiger charge is 2.35. The second-order valence-corrected chi connectivity index (χ2v) is 4.21. The molecule has 0 aromatic carbocycles. The zero-order valence-electron chi connectivity index (χ0n) is 7.37. The van der Waals surface area contributed by atoms with Gasteiger partial charge in [0.25, 0.3) is 0 Å². The molecule has 1 unspecified atom stereocenters. The van der Waals surface area contributed by atoms with Crippen molar-refractivity contribution in [2.45, 2.75) is 17.9 Å². The van der Waals surface area contributed by atoms with Crippen LogP contribution in [0.25, 0.3) is 0 Å². The first-order valence-electron chi connectivity index (χ1n) is 3.96. The van der Waals surface area contributed by atoms with Crippen LogP contribution in [0.5, 0.6) is 0 Å². The number of nitrogens with zero attached hydrogens (tertiary/aromatic N) is 2. The van der Waals surface area contributed by atoms with Gasteiger partial charge in [-0.25, -0.2) is 9.69 Å². The van der Waals surface area contributed by atoms with E-state index in [4.69, 9.17) is 4.74 Å². The molecular weight excluding hydrogens is 283 g/mol. The minimum absolute atomic E-state index is 0.137. The molecule has 2 aliphatic heterocycles. The third-order valence-electron chi connectivity index (χ3n) is 2.22. The normalized spacial score (nSPS) is 27.3. The van der Waals surface area contributed by atoms with E-state index in [0.29, 0.717) is 6.61 Å². The molecule has 1 amide bonds. The van der Waals surface area contributed by atoms with E-state index in [-0.39, 0.29) is 10.1 Å². The Balaban J connectivity index is 2.46. The van der Waals surface area contributed by atoms with Gasteiger partial charge in [-0.3, -0.25) is 4.99 Å². The lowest BCUT2D eigenvalue weighted by atomic mass is 10.2. The number of aliphatic imine (C=N–C) groups is 1. The Morgan fingerprint density at radius 1 is 1.62 bits per heavy atom. The Morgan fingerprint density at radius 3 is 3.00 bits per heavy atom. The van der Waals surface area contributed by atoms with E-state index in [9.17, 15) is 4.79 Å². The smallest absolute Gasteiger partial charge is 0.420 e. The van der Waals surface area contributed by atoms with E-state index in [1.807, 2.05) is 13.8 Å². The average Bonchev–Trinajstić information content (AvgIpc) is 2.44. The Labute approximate surface area is 89.8 Å². The Morgan fingerprint density at radius 2 is 2.31 bits per heavy atom. The fourth-order valence-electron chi connectivity index (χ4n) is 1.44. The first-order valence-corrected chi connectivity index (χ1v) is 5.21. The predicted octanol–water partition coefficient (Wildman–Crippen LogP) is 1.91. The maximum atomic E-state index is 11.3. The summed E-state index contributed by atoms with van der Waals surface area (Å²) in [6.07, 6.45) is -0.307. The molecule has 0 saturated carbocycles. The maximum absolute atomic E-state index is 11.3. The van der Waals surface area contributed by atoms with Gasteiger partial charge in [-0.1, -0.05) is 22.6 Å². The van der Waals surface area contributed by atoms with Gasteiger partial charge >= 0.3 is 6.09 Å². The summed E-state index contributed by atoms with van der Waals surface area (Å²) < 4.78 is 5.07. The van der Waals surface area contributed by atoms with Crippen molar-refractivity contribution in [1.29, 1.82) is 0 Å². The van der Waals surface area contributed by atoms with Crippen LogP contribution in [-0.2, 0) is 4.74 Å². The van der Waals surface area contributed by atoms with Gasteiger partial charge in [-0.05, 0) is 19.4 Å². The number of alkyl halides is 1. The standard InChI is InChI=1S/C8H9IN2O2/c1-4-6-3-13-8(12)11(6)5(2)10-7(4)9/h7H,3H2,1-2H3. The highest BCUT2D eigenvalue weighted by atomic mass is 127. The average molecular weight is 292 g/mol. The lowest BCUT2D eigenvalue weighted by Gasteiger charge is -2.23. The predicted molar refractivity (Wildman–Crippen MR) is 56.8 cm³/mol. The monoisotopic (exact) mass is 292 g/mol. The van der Waals surface area contributed by atoms with Gasteiger partial charge in [0, 0.05) is 0 Å². The molecule has 2 rings (SSSR count). The zero-order chi connectivity index (χ0) is 9.59. The van der Waals surface area contributed by atoms with Gasteiger partial charge in [-0.15, -0.1) is 0 Å². The lowest BCUT2D eigenvalue weighted by Crippen LogP contribution is -2.33. The fraction of sp³-hybridized carbons (Fsp3) is 0.500. The van der Waals surface area contributed by atoms with Crippen molar-refractivity contribution in [2.75, 3.05) is 6.61 Å². The van der Waals surface area contributed by atoms with Crippen LogP contribution in [0.3, 0.4) is 0 Å². The van der Waals surface area contributed by atoms with Crippen LogP contribution in [-0.4, -0.2) is 27.5 Å². The van der Waals surface area contributed by atoms with Crippen LogP contribution in [0, 0.1) is 0 Å². The number of rotatable bonds is 0. The second-order valence-electron chi connectivity index (χ2n) is 3.03. The first kappa shape index (κ1) is 8.98. The van der Waals surface area contributed by atoms with Gasteiger partial charge in [0.15, 0.2) is 0 Å². The molecule has 0 bridgehead atoms. The van der Waals surface area contributed by atoms with E-state index in [2.05, 4.69) is 27.6 Å². The number of fused-ring (bicyclic) bond motifs is 1. The van der Waals surface area contributed by atoms with Crippen molar-refractivity contribution in [2.24, 2.45) is 4.99 Å². The summed E-state index contributed by atoms with van der Waals surface area (Å²) in [5, 5.41) is 0. The summed E-state index contributed by atoms with van der Waals surface area (Å²) >= 11 is 2.24. The molecule has 2 aliphatic rings. The molecule has 0 radical (unpaired) electrons. The second kappa shape index (κ2) is 2.97. The number of halogens is 1. The molecule has 0 N–H and O–H groups in total. The number of carbonyl (C=O) groups excluding carboxylic acids is 1. The number of carbonyl (C=O) groups is 1. The van der Waals surface area contributed by atoms with Crippen LogP contribution >= 0.6 is 22.6 Å². The third kappa shape index (κ3) is 1.25. The number of hydrogen-bond donors (Lipinski definition) is 0. The number of amides is 1. The molecule has 1 atom stereocenters. The van der Waals surface area contributed by atoms with Crippen LogP contribution in [0.1, 0.15) is 13.8 Å². The Bertz CT molecular complexity index is 335. The van der Waals surface area contributed by atoms with Crippen molar-refractivity contribution in [3.63, 3.8) is 0 Å². The number of cyclic esters (lactones) is 1. The molecule has 13 heavy (non-hydrogen) atoms. The number of hydrogen-bond acceptors (Lipinski definition) is 3. The topological polar surface area (TPSA) is 41.9 Å². The van der Waals surface area contributed by atoms with Gasteiger partial charge in [0.05, 0.1) is 5.70 Å². The van der Waals surface area contributed by atoms with Gasteiger partial charge in [0.1, 0.15) is 16.5 Å². The van der Waals surface area contributed by atoms with Gasteiger partial charge < -0.3 is 4.74 Å². The largest absolute Gasteiger partial charge is 0.442 e. The third-order valence-corrected chi connectivity index (χ3v) is 3.43. The summed E-state index contributed by atoms with van der Waals surface area (Å²) in [6.45, 7) is 4.19. The molecular formula is C8H9IN2O2. The minimum Gasteiger partial charge on any atom is -0.442 e. The summed E-state index contributed by atoms with van der Waals surface area (Å²) in [5.41, 5.74) is 2.06. The van der Waals surface area contributed by atoms with E-state index in [0.717, 1.165) is 17.1 Å². The van der Waals surface area contributed by atoms with Crippen LogP contribution < -0.4 is 0 Å². The van der Waals surface area contributed by atoms with Crippen LogP contribution in [0.2, 0.25) is 0 Å². The zero-order valence-corrected chi connectivity index (χ0v) is 9.53. The molecule has 0 aromatic rings. The highest BCUT2D eigenvalue weighted by molar-refractivity contribution is 14.1. The molecule has 2 heterocycles. The van der Waals surface area contributed by atoms with Crippen molar-refractivity contribution in [3.05, 3.63) is 11.3 Å². The van der Waals surface area contributed by atoms with Crippen molar-refractivity contribution in [3.8, 4) is 0 Å². The van der Waals surface area contributed by atoms with Crippen molar-refractivity contribution < 1.29 is 9.53 Å². The summed E-state index contributed by atoms with van der Waals surface area (Å²) in [4.78, 5) is 17.1. The molecule has 0 aliphatic carbocycles. The summed E-state index contributed by atoms with van der Waals surface area (Å²) in [5.74, 6) is 0.725. The van der Waals surface area contributed by atoms with E-state index >= 15 is 0 Å². The Kier molecular flexibility index (Phi) is 2.05. The van der Waals surface area contributed by atoms with Gasteiger partial charge in [0.2, 0.25) is 0 Å². The van der Waals surface area contributed by atoms with Crippen molar-refractivity contribution >= 4 is 34.5 Å². The Hall–Kier alpha value is -0.590. The van der Waals surface area contributed by atoms with E-state index in [1.165, 1.54) is 0 Å².